The van der Waals surface area contributed by atoms with E-state index < -0.39 is 0 Å². The quantitative estimate of drug-likeness (QED) is 0.530. The molecule has 6 heteroatoms. The number of likely N-dealkylation sites (N-methyl/N-ethyl adjacent to an activating group) is 1. The molecule has 3 rings (SSSR count). The minimum absolute atomic E-state index is 0.222. The van der Waals surface area contributed by atoms with Crippen LogP contribution in [0.5, 0.6) is 5.75 Å². The lowest BCUT2D eigenvalue weighted by atomic mass is 10.1. The molecular formula is C22H36N4O2. The third-order valence-electron chi connectivity index (χ3n) is 5.60. The zero-order chi connectivity index (χ0) is 19.8. The van der Waals surface area contributed by atoms with Crippen molar-refractivity contribution in [3.63, 3.8) is 0 Å². The van der Waals surface area contributed by atoms with Crippen LogP contribution >= 0.6 is 0 Å². The Morgan fingerprint density at radius 3 is 2.89 bits per heavy atom. The molecule has 0 saturated carbocycles. The number of likely N-dealkylation sites (tertiary alicyclic amines) is 1. The molecule has 2 atom stereocenters. The number of ether oxygens (including phenoxy) is 2. The number of nitrogens with zero attached hydrogens (tertiary/aromatic N) is 2. The van der Waals surface area contributed by atoms with Gasteiger partial charge in [-0.2, -0.15) is 0 Å². The van der Waals surface area contributed by atoms with Gasteiger partial charge in [-0.25, -0.2) is 4.99 Å². The molecule has 0 spiro atoms. The molecule has 28 heavy (non-hydrogen) atoms. The highest BCUT2D eigenvalue weighted by molar-refractivity contribution is 5.79. The summed E-state index contributed by atoms with van der Waals surface area (Å²) in [6.45, 7) is 9.23. The first kappa shape index (κ1) is 20.9. The highest BCUT2D eigenvalue weighted by Crippen LogP contribution is 2.23. The van der Waals surface area contributed by atoms with Gasteiger partial charge in [-0.3, -0.25) is 0 Å². The zero-order valence-corrected chi connectivity index (χ0v) is 17.7. The maximum atomic E-state index is 6.11. The molecule has 2 aliphatic rings. The lowest BCUT2D eigenvalue weighted by molar-refractivity contribution is 0.0676. The molecule has 0 aliphatic carbocycles. The van der Waals surface area contributed by atoms with Crippen LogP contribution in [0.3, 0.4) is 0 Å². The summed E-state index contributed by atoms with van der Waals surface area (Å²) in [5.41, 5.74) is 2.31. The van der Waals surface area contributed by atoms with Crippen molar-refractivity contribution < 1.29 is 9.47 Å². The van der Waals surface area contributed by atoms with Gasteiger partial charge in [0.25, 0.3) is 0 Å². The third-order valence-corrected chi connectivity index (χ3v) is 5.60. The first-order valence-electron chi connectivity index (χ1n) is 10.7. The molecule has 0 amide bonds. The number of rotatable bonds is 8. The fraction of sp³-hybridized carbons (Fsp3) is 0.682. The van der Waals surface area contributed by atoms with Crippen LogP contribution in [0.2, 0.25) is 0 Å². The van der Waals surface area contributed by atoms with E-state index in [0.29, 0.717) is 19.2 Å². The standard InChI is InChI=1S/C22H36N4O2/c1-4-23-22(25-15-19-7-5-11-26(19)3)24-14-18-10-9-17(2)13-21(18)28-16-20-8-6-12-27-20/h9-10,13,19-20H,4-8,11-12,14-16H2,1-3H3,(H2,23,24,25). The van der Waals surface area contributed by atoms with Crippen molar-refractivity contribution in [1.82, 2.24) is 15.5 Å². The first-order chi connectivity index (χ1) is 13.7. The van der Waals surface area contributed by atoms with Crippen molar-refractivity contribution in [3.8, 4) is 5.75 Å². The van der Waals surface area contributed by atoms with Crippen LogP contribution in [-0.4, -0.2) is 62.9 Å². The Labute approximate surface area is 169 Å². The second-order valence-electron chi connectivity index (χ2n) is 7.91. The zero-order valence-electron chi connectivity index (χ0n) is 17.7. The summed E-state index contributed by atoms with van der Waals surface area (Å²) in [6.07, 6.45) is 4.98. The molecule has 2 N–H and O–H groups in total. The van der Waals surface area contributed by atoms with Gasteiger partial charge in [-0.15, -0.1) is 0 Å². The van der Waals surface area contributed by atoms with Crippen molar-refractivity contribution in [2.75, 3.05) is 39.9 Å². The molecule has 2 unspecified atom stereocenters. The maximum Gasteiger partial charge on any atom is 0.191 e. The average molecular weight is 389 g/mol. The molecule has 156 valence electrons. The van der Waals surface area contributed by atoms with Gasteiger partial charge in [-0.1, -0.05) is 12.1 Å². The Kier molecular flexibility index (Phi) is 7.98. The second-order valence-corrected chi connectivity index (χ2v) is 7.91. The summed E-state index contributed by atoms with van der Waals surface area (Å²) < 4.78 is 11.8. The van der Waals surface area contributed by atoms with Gasteiger partial charge < -0.3 is 25.0 Å². The Balaban J connectivity index is 1.60. The van der Waals surface area contributed by atoms with Gasteiger partial charge in [0.05, 0.1) is 12.6 Å². The Bertz CT molecular complexity index is 643. The predicted octanol–water partition coefficient (Wildman–Crippen LogP) is 2.70. The van der Waals surface area contributed by atoms with E-state index in [-0.39, 0.29) is 6.10 Å². The smallest absolute Gasteiger partial charge is 0.191 e. The lowest BCUT2D eigenvalue weighted by Gasteiger charge is -2.21. The Morgan fingerprint density at radius 1 is 1.29 bits per heavy atom. The second kappa shape index (κ2) is 10.7. The first-order valence-corrected chi connectivity index (χ1v) is 10.7. The number of nitrogens with one attached hydrogen (secondary N) is 2. The van der Waals surface area contributed by atoms with Gasteiger partial charge in [0.1, 0.15) is 12.4 Å². The maximum absolute atomic E-state index is 6.11. The van der Waals surface area contributed by atoms with Gasteiger partial charge in [-0.05, 0) is 64.8 Å². The summed E-state index contributed by atoms with van der Waals surface area (Å²) >= 11 is 0. The SMILES string of the molecule is CCNC(=NCc1ccc(C)cc1OCC1CCCO1)NCC1CCCN1C. The van der Waals surface area contributed by atoms with Crippen molar-refractivity contribution in [2.24, 2.45) is 4.99 Å². The van der Waals surface area contributed by atoms with Crippen molar-refractivity contribution in [2.45, 2.75) is 58.2 Å². The summed E-state index contributed by atoms with van der Waals surface area (Å²) in [7, 11) is 2.20. The van der Waals surface area contributed by atoms with Gasteiger partial charge in [0.15, 0.2) is 5.96 Å². The number of hydrogen-bond donors (Lipinski definition) is 2. The van der Waals surface area contributed by atoms with Crippen LogP contribution in [-0.2, 0) is 11.3 Å². The number of aliphatic imine (C=N–C) groups is 1. The van der Waals surface area contributed by atoms with Crippen LogP contribution in [0, 0.1) is 6.92 Å². The van der Waals surface area contributed by atoms with Gasteiger partial charge in [0.2, 0.25) is 0 Å². The van der Waals surface area contributed by atoms with Crippen molar-refractivity contribution >= 4 is 5.96 Å². The van der Waals surface area contributed by atoms with Gasteiger partial charge in [0, 0.05) is 31.3 Å². The van der Waals surface area contributed by atoms with E-state index in [1.54, 1.807) is 0 Å². The highest BCUT2D eigenvalue weighted by atomic mass is 16.5. The minimum Gasteiger partial charge on any atom is -0.491 e. The molecular weight excluding hydrogens is 352 g/mol. The highest BCUT2D eigenvalue weighted by Gasteiger charge is 2.20. The van der Waals surface area contributed by atoms with Crippen LogP contribution in [0.4, 0.5) is 0 Å². The van der Waals surface area contributed by atoms with E-state index in [1.807, 2.05) is 0 Å². The van der Waals surface area contributed by atoms with Crippen LogP contribution < -0.4 is 15.4 Å². The minimum atomic E-state index is 0.222. The molecule has 1 aromatic rings. The topological polar surface area (TPSA) is 58.1 Å². The average Bonchev–Trinajstić information content (AvgIpc) is 3.35. The number of benzene rings is 1. The fourth-order valence-corrected chi connectivity index (χ4v) is 3.84. The molecule has 2 fully saturated rings. The molecule has 0 bridgehead atoms. The summed E-state index contributed by atoms with van der Waals surface area (Å²) in [6, 6.07) is 6.94. The van der Waals surface area contributed by atoms with Gasteiger partial charge >= 0.3 is 0 Å². The summed E-state index contributed by atoms with van der Waals surface area (Å²) in [5.74, 6) is 1.79. The summed E-state index contributed by atoms with van der Waals surface area (Å²) in [5, 5.41) is 6.87. The third kappa shape index (κ3) is 6.11. The molecule has 2 heterocycles. The monoisotopic (exact) mass is 388 g/mol. The molecule has 2 aliphatic heterocycles. The number of hydrogen-bond acceptors (Lipinski definition) is 4. The normalized spacial score (nSPS) is 23.2. The Hall–Kier alpha value is -1.79. The number of aryl methyl sites for hydroxylation is 1. The van der Waals surface area contributed by atoms with E-state index >= 15 is 0 Å². The lowest BCUT2D eigenvalue weighted by Crippen LogP contribution is -2.44. The van der Waals surface area contributed by atoms with Crippen molar-refractivity contribution in [1.29, 1.82) is 0 Å². The van der Waals surface area contributed by atoms with E-state index in [4.69, 9.17) is 14.5 Å². The van der Waals surface area contributed by atoms with Crippen LogP contribution in [0.1, 0.15) is 43.7 Å². The molecule has 0 radical (unpaired) electrons. The Morgan fingerprint density at radius 2 is 2.18 bits per heavy atom. The van der Waals surface area contributed by atoms with E-state index in [1.165, 1.54) is 24.9 Å². The van der Waals surface area contributed by atoms with Crippen LogP contribution in [0.15, 0.2) is 23.2 Å². The summed E-state index contributed by atoms with van der Waals surface area (Å²) in [4.78, 5) is 7.23. The number of guanidine groups is 1. The van der Waals surface area contributed by atoms with E-state index in [0.717, 1.165) is 49.8 Å². The molecule has 2 saturated heterocycles. The van der Waals surface area contributed by atoms with Crippen molar-refractivity contribution in [3.05, 3.63) is 29.3 Å². The largest absolute Gasteiger partial charge is 0.491 e. The predicted molar refractivity (Wildman–Crippen MR) is 114 cm³/mol. The molecule has 1 aromatic carbocycles. The molecule has 6 nitrogen and oxygen atoms in total. The fourth-order valence-electron chi connectivity index (χ4n) is 3.84. The molecule has 0 aromatic heterocycles. The van der Waals surface area contributed by atoms with E-state index in [9.17, 15) is 0 Å². The van der Waals surface area contributed by atoms with E-state index in [2.05, 4.69) is 54.6 Å². The van der Waals surface area contributed by atoms with Crippen LogP contribution in [0.25, 0.3) is 0 Å².